The minimum absolute atomic E-state index is 0.0323. The van der Waals surface area contributed by atoms with Crippen molar-refractivity contribution in [3.05, 3.63) is 18.3 Å². The lowest BCUT2D eigenvalue weighted by molar-refractivity contribution is -0.131. The van der Waals surface area contributed by atoms with Crippen molar-refractivity contribution in [1.82, 2.24) is 4.98 Å². The van der Waals surface area contributed by atoms with Crippen LogP contribution >= 0.6 is 0 Å². The van der Waals surface area contributed by atoms with Gasteiger partial charge in [-0.25, -0.2) is 4.98 Å². The highest BCUT2D eigenvalue weighted by atomic mass is 16.5. The lowest BCUT2D eigenvalue weighted by Crippen LogP contribution is -2.42. The maximum absolute atomic E-state index is 12.6. The van der Waals surface area contributed by atoms with Gasteiger partial charge in [0.2, 0.25) is 11.8 Å². The Morgan fingerprint density at radius 1 is 1.55 bits per heavy atom. The van der Waals surface area contributed by atoms with E-state index < -0.39 is 0 Å². The summed E-state index contributed by atoms with van der Waals surface area (Å²) in [5.41, 5.74) is 0.774. The van der Waals surface area contributed by atoms with Gasteiger partial charge in [-0.05, 0) is 25.3 Å². The van der Waals surface area contributed by atoms with Crippen molar-refractivity contribution in [2.75, 3.05) is 25.7 Å². The van der Waals surface area contributed by atoms with E-state index in [-0.39, 0.29) is 17.9 Å². The molecule has 1 aliphatic rings. The lowest BCUT2D eigenvalue weighted by atomic mass is 9.91. The first kappa shape index (κ1) is 14.8. The third-order valence-corrected chi connectivity index (χ3v) is 3.81. The van der Waals surface area contributed by atoms with Crippen LogP contribution in [-0.2, 0) is 9.53 Å². The Bertz CT molecular complexity index is 447. The fourth-order valence-electron chi connectivity index (χ4n) is 2.59. The summed E-state index contributed by atoms with van der Waals surface area (Å²) >= 11 is 0. The third kappa shape index (κ3) is 3.10. The fraction of sp³-hybridized carbons (Fsp3) is 0.600. The molecule has 1 fully saturated rings. The second kappa shape index (κ2) is 6.70. The van der Waals surface area contributed by atoms with E-state index in [2.05, 4.69) is 11.9 Å². The zero-order valence-electron chi connectivity index (χ0n) is 12.3. The number of pyridine rings is 1. The molecule has 0 spiro atoms. The Labute approximate surface area is 119 Å². The summed E-state index contributed by atoms with van der Waals surface area (Å²) in [6, 6.07) is 3.60. The van der Waals surface area contributed by atoms with Crippen LogP contribution in [0.1, 0.15) is 26.2 Å². The van der Waals surface area contributed by atoms with E-state index in [0.717, 1.165) is 31.6 Å². The van der Waals surface area contributed by atoms with Crippen LogP contribution in [0, 0.1) is 5.92 Å². The Kier molecular flexibility index (Phi) is 4.95. The van der Waals surface area contributed by atoms with E-state index in [0.29, 0.717) is 5.88 Å². The molecule has 1 saturated heterocycles. The number of rotatable bonds is 4. The molecule has 0 saturated carbocycles. The normalized spacial score (nSPS) is 22.4. The summed E-state index contributed by atoms with van der Waals surface area (Å²) in [6.07, 6.45) is 4.39. The second-order valence-electron chi connectivity index (χ2n) is 5.02. The maximum Gasteiger partial charge on any atom is 0.232 e. The van der Waals surface area contributed by atoms with Gasteiger partial charge in [0.25, 0.3) is 0 Å². The van der Waals surface area contributed by atoms with Crippen molar-refractivity contribution in [3.8, 4) is 5.88 Å². The molecule has 110 valence electrons. The van der Waals surface area contributed by atoms with Gasteiger partial charge in [-0.3, -0.25) is 4.79 Å². The number of amides is 1. The molecule has 0 aromatic carbocycles. The molecule has 1 aromatic heterocycles. The fourth-order valence-corrected chi connectivity index (χ4v) is 2.59. The summed E-state index contributed by atoms with van der Waals surface area (Å²) < 4.78 is 10.7. The maximum atomic E-state index is 12.6. The van der Waals surface area contributed by atoms with Gasteiger partial charge >= 0.3 is 0 Å². The molecular weight excluding hydrogens is 256 g/mol. The number of carbonyl (C=O) groups excluding carboxylic acids is 1. The first-order valence-electron chi connectivity index (χ1n) is 7.06. The van der Waals surface area contributed by atoms with Crippen LogP contribution in [0.2, 0.25) is 0 Å². The molecule has 0 aliphatic carbocycles. The molecule has 5 heteroatoms. The standard InChI is InChI=1S/C15H22N2O3/c1-4-13-12(6-5-9-20-13)15(18)17(2)11-7-8-14(19-3)16-10-11/h7-8,10,12-13H,4-6,9H2,1-3H3/t12-,13-/m1/s1. The van der Waals surface area contributed by atoms with Crippen LogP contribution < -0.4 is 9.64 Å². The highest BCUT2D eigenvalue weighted by Crippen LogP contribution is 2.27. The van der Waals surface area contributed by atoms with Gasteiger partial charge in [0, 0.05) is 19.7 Å². The Hall–Kier alpha value is -1.62. The molecule has 2 atom stereocenters. The van der Waals surface area contributed by atoms with Gasteiger partial charge < -0.3 is 14.4 Å². The molecule has 1 aliphatic heterocycles. The third-order valence-electron chi connectivity index (χ3n) is 3.81. The summed E-state index contributed by atoms with van der Waals surface area (Å²) in [5.74, 6) is 0.589. The van der Waals surface area contributed by atoms with Crippen molar-refractivity contribution in [2.45, 2.75) is 32.3 Å². The van der Waals surface area contributed by atoms with Crippen LogP contribution in [0.3, 0.4) is 0 Å². The Morgan fingerprint density at radius 3 is 2.95 bits per heavy atom. The first-order chi connectivity index (χ1) is 9.67. The van der Waals surface area contributed by atoms with Gasteiger partial charge in [0.15, 0.2) is 0 Å². The topological polar surface area (TPSA) is 51.7 Å². The van der Waals surface area contributed by atoms with Crippen molar-refractivity contribution in [1.29, 1.82) is 0 Å². The average Bonchev–Trinajstić information content (AvgIpc) is 2.53. The van der Waals surface area contributed by atoms with E-state index in [1.807, 2.05) is 6.07 Å². The quantitative estimate of drug-likeness (QED) is 0.847. The van der Waals surface area contributed by atoms with Crippen LogP contribution in [0.4, 0.5) is 5.69 Å². The van der Waals surface area contributed by atoms with Crippen LogP contribution in [0.25, 0.3) is 0 Å². The van der Waals surface area contributed by atoms with Gasteiger partial charge in [0.1, 0.15) is 0 Å². The molecule has 5 nitrogen and oxygen atoms in total. The van der Waals surface area contributed by atoms with Crippen LogP contribution in [0.15, 0.2) is 18.3 Å². The predicted octanol–water partition coefficient (Wildman–Crippen LogP) is 2.26. The van der Waals surface area contributed by atoms with Crippen LogP contribution in [-0.4, -0.2) is 37.8 Å². The van der Waals surface area contributed by atoms with Gasteiger partial charge in [-0.15, -0.1) is 0 Å². The number of anilines is 1. The molecule has 1 aromatic rings. The van der Waals surface area contributed by atoms with Crippen molar-refractivity contribution < 1.29 is 14.3 Å². The first-order valence-corrected chi connectivity index (χ1v) is 7.06. The van der Waals surface area contributed by atoms with E-state index in [1.54, 1.807) is 31.3 Å². The zero-order valence-corrected chi connectivity index (χ0v) is 12.3. The molecule has 2 heterocycles. The summed E-state index contributed by atoms with van der Waals surface area (Å²) in [4.78, 5) is 18.4. The minimum Gasteiger partial charge on any atom is -0.481 e. The van der Waals surface area contributed by atoms with E-state index in [4.69, 9.17) is 9.47 Å². The van der Waals surface area contributed by atoms with E-state index in [9.17, 15) is 4.79 Å². The Balaban J connectivity index is 2.10. The smallest absolute Gasteiger partial charge is 0.232 e. The largest absolute Gasteiger partial charge is 0.481 e. The van der Waals surface area contributed by atoms with E-state index >= 15 is 0 Å². The number of hydrogen-bond donors (Lipinski definition) is 0. The van der Waals surface area contributed by atoms with Gasteiger partial charge in [-0.2, -0.15) is 0 Å². The second-order valence-corrected chi connectivity index (χ2v) is 5.02. The molecule has 20 heavy (non-hydrogen) atoms. The van der Waals surface area contributed by atoms with Crippen molar-refractivity contribution in [3.63, 3.8) is 0 Å². The molecule has 0 radical (unpaired) electrons. The van der Waals surface area contributed by atoms with Crippen LogP contribution in [0.5, 0.6) is 5.88 Å². The number of hydrogen-bond acceptors (Lipinski definition) is 4. The number of methoxy groups -OCH3 is 1. The lowest BCUT2D eigenvalue weighted by Gasteiger charge is -2.32. The minimum atomic E-state index is -0.0548. The van der Waals surface area contributed by atoms with Gasteiger partial charge in [-0.1, -0.05) is 6.92 Å². The number of nitrogens with zero attached hydrogens (tertiary/aromatic N) is 2. The Morgan fingerprint density at radius 2 is 2.35 bits per heavy atom. The zero-order chi connectivity index (χ0) is 14.5. The van der Waals surface area contributed by atoms with E-state index in [1.165, 1.54) is 0 Å². The molecule has 0 unspecified atom stereocenters. The summed E-state index contributed by atoms with van der Waals surface area (Å²) in [7, 11) is 3.36. The monoisotopic (exact) mass is 278 g/mol. The summed E-state index contributed by atoms with van der Waals surface area (Å²) in [6.45, 7) is 2.82. The van der Waals surface area contributed by atoms with Gasteiger partial charge in [0.05, 0.1) is 31.0 Å². The summed E-state index contributed by atoms with van der Waals surface area (Å²) in [5, 5.41) is 0. The highest BCUT2D eigenvalue weighted by molar-refractivity contribution is 5.94. The number of aromatic nitrogens is 1. The molecule has 0 bridgehead atoms. The predicted molar refractivity (Wildman–Crippen MR) is 77.0 cm³/mol. The molecule has 1 amide bonds. The van der Waals surface area contributed by atoms with Crippen molar-refractivity contribution in [2.24, 2.45) is 5.92 Å². The van der Waals surface area contributed by atoms with Crippen molar-refractivity contribution >= 4 is 11.6 Å². The molecule has 0 N–H and O–H groups in total. The average molecular weight is 278 g/mol. The molecule has 2 rings (SSSR count). The SMILES string of the molecule is CC[C@H]1OCCC[C@H]1C(=O)N(C)c1ccc(OC)nc1. The number of ether oxygens (including phenoxy) is 2. The highest BCUT2D eigenvalue weighted by Gasteiger charge is 2.32. The number of carbonyl (C=O) groups is 1. The molecular formula is C15H22N2O3.